The van der Waals surface area contributed by atoms with Crippen molar-refractivity contribution in [1.82, 2.24) is 0 Å². The Morgan fingerprint density at radius 2 is 1.52 bits per heavy atom. The SMILES string of the molecule is COC(OC)C(C)Nc1ccccc1Cc1ccccc1. The zero-order valence-corrected chi connectivity index (χ0v) is 12.9. The summed E-state index contributed by atoms with van der Waals surface area (Å²) in [7, 11) is 3.31. The summed E-state index contributed by atoms with van der Waals surface area (Å²) < 4.78 is 10.6. The van der Waals surface area contributed by atoms with Gasteiger partial charge in [0.25, 0.3) is 0 Å². The van der Waals surface area contributed by atoms with E-state index >= 15 is 0 Å². The molecule has 2 aromatic rings. The molecule has 0 bridgehead atoms. The van der Waals surface area contributed by atoms with Crippen LogP contribution in [-0.2, 0) is 15.9 Å². The summed E-state index contributed by atoms with van der Waals surface area (Å²) in [4.78, 5) is 0. The van der Waals surface area contributed by atoms with Crippen molar-refractivity contribution < 1.29 is 9.47 Å². The van der Waals surface area contributed by atoms with Crippen LogP contribution in [0.5, 0.6) is 0 Å². The van der Waals surface area contributed by atoms with Crippen molar-refractivity contribution in [2.75, 3.05) is 19.5 Å². The smallest absolute Gasteiger partial charge is 0.176 e. The van der Waals surface area contributed by atoms with Crippen molar-refractivity contribution in [2.45, 2.75) is 25.7 Å². The Morgan fingerprint density at radius 3 is 2.19 bits per heavy atom. The van der Waals surface area contributed by atoms with E-state index in [1.54, 1.807) is 14.2 Å². The van der Waals surface area contributed by atoms with Crippen molar-refractivity contribution in [2.24, 2.45) is 0 Å². The summed E-state index contributed by atoms with van der Waals surface area (Å²) in [5.74, 6) is 0. The lowest BCUT2D eigenvalue weighted by atomic mass is 10.0. The van der Waals surface area contributed by atoms with E-state index in [0.717, 1.165) is 12.1 Å². The van der Waals surface area contributed by atoms with Gasteiger partial charge >= 0.3 is 0 Å². The quantitative estimate of drug-likeness (QED) is 0.787. The van der Waals surface area contributed by atoms with E-state index in [2.05, 4.69) is 54.7 Å². The summed E-state index contributed by atoms with van der Waals surface area (Å²) in [5.41, 5.74) is 3.68. The van der Waals surface area contributed by atoms with E-state index in [4.69, 9.17) is 9.47 Å². The van der Waals surface area contributed by atoms with Crippen molar-refractivity contribution >= 4 is 5.69 Å². The molecule has 2 rings (SSSR count). The van der Waals surface area contributed by atoms with Gasteiger partial charge in [-0.15, -0.1) is 0 Å². The lowest BCUT2D eigenvalue weighted by Crippen LogP contribution is -2.34. The predicted octanol–water partition coefficient (Wildman–Crippen LogP) is 3.70. The first-order valence-electron chi connectivity index (χ1n) is 7.18. The zero-order valence-electron chi connectivity index (χ0n) is 12.9. The molecule has 1 N–H and O–H groups in total. The van der Waals surface area contributed by atoms with Gasteiger partial charge in [-0.2, -0.15) is 0 Å². The predicted molar refractivity (Wildman–Crippen MR) is 86.6 cm³/mol. The number of ether oxygens (including phenoxy) is 2. The molecule has 112 valence electrons. The molecule has 3 nitrogen and oxygen atoms in total. The van der Waals surface area contributed by atoms with Gasteiger partial charge in [0.15, 0.2) is 6.29 Å². The molecule has 1 unspecified atom stereocenters. The highest BCUT2D eigenvalue weighted by molar-refractivity contribution is 5.53. The van der Waals surface area contributed by atoms with Gasteiger partial charge in [0.2, 0.25) is 0 Å². The lowest BCUT2D eigenvalue weighted by Gasteiger charge is -2.24. The topological polar surface area (TPSA) is 30.5 Å². The minimum absolute atomic E-state index is 0.0666. The minimum atomic E-state index is -0.269. The standard InChI is InChI=1S/C18H23NO2/c1-14(18(20-2)21-3)19-17-12-8-7-11-16(17)13-15-9-5-4-6-10-15/h4-12,14,18-19H,13H2,1-3H3. The number of benzene rings is 2. The van der Waals surface area contributed by atoms with Gasteiger partial charge in [0.1, 0.15) is 0 Å². The Labute approximate surface area is 126 Å². The maximum atomic E-state index is 5.31. The Bertz CT molecular complexity index is 538. The second kappa shape index (κ2) is 7.81. The number of rotatable bonds is 7. The monoisotopic (exact) mass is 285 g/mol. The number of methoxy groups -OCH3 is 2. The van der Waals surface area contributed by atoms with Crippen LogP contribution in [0.4, 0.5) is 5.69 Å². The summed E-state index contributed by atoms with van der Waals surface area (Å²) in [5, 5.41) is 3.48. The number of para-hydroxylation sites is 1. The first-order valence-corrected chi connectivity index (χ1v) is 7.18. The molecule has 1 atom stereocenters. The van der Waals surface area contributed by atoms with Crippen LogP contribution in [0.25, 0.3) is 0 Å². The third-order valence-electron chi connectivity index (χ3n) is 3.51. The molecule has 0 aliphatic heterocycles. The molecule has 0 amide bonds. The van der Waals surface area contributed by atoms with Crippen LogP contribution < -0.4 is 5.32 Å². The molecule has 0 saturated heterocycles. The van der Waals surface area contributed by atoms with E-state index in [1.807, 2.05) is 12.1 Å². The molecule has 0 spiro atoms. The Hall–Kier alpha value is -1.84. The fourth-order valence-corrected chi connectivity index (χ4v) is 2.45. The molecule has 0 aliphatic carbocycles. The highest BCUT2D eigenvalue weighted by Gasteiger charge is 2.16. The maximum absolute atomic E-state index is 5.31. The summed E-state index contributed by atoms with van der Waals surface area (Å²) in [6, 6.07) is 18.9. The van der Waals surface area contributed by atoms with Crippen LogP contribution in [0, 0.1) is 0 Å². The molecular formula is C18H23NO2. The largest absolute Gasteiger partial charge is 0.377 e. The van der Waals surface area contributed by atoms with Gasteiger partial charge in [-0.1, -0.05) is 48.5 Å². The van der Waals surface area contributed by atoms with Crippen molar-refractivity contribution in [1.29, 1.82) is 0 Å². The Kier molecular flexibility index (Phi) is 5.78. The second-order valence-electron chi connectivity index (χ2n) is 5.09. The van der Waals surface area contributed by atoms with E-state index in [-0.39, 0.29) is 12.3 Å². The van der Waals surface area contributed by atoms with Gasteiger partial charge in [0, 0.05) is 19.9 Å². The molecule has 0 heterocycles. The Morgan fingerprint density at radius 1 is 0.905 bits per heavy atom. The molecule has 2 aromatic carbocycles. The molecule has 0 saturated carbocycles. The van der Waals surface area contributed by atoms with Gasteiger partial charge in [0.05, 0.1) is 6.04 Å². The molecular weight excluding hydrogens is 262 g/mol. The number of hydrogen-bond donors (Lipinski definition) is 1. The Balaban J connectivity index is 2.13. The average molecular weight is 285 g/mol. The lowest BCUT2D eigenvalue weighted by molar-refractivity contribution is -0.109. The molecule has 21 heavy (non-hydrogen) atoms. The van der Waals surface area contributed by atoms with E-state index in [1.165, 1.54) is 11.1 Å². The van der Waals surface area contributed by atoms with Crippen molar-refractivity contribution in [3.8, 4) is 0 Å². The summed E-state index contributed by atoms with van der Waals surface area (Å²) in [6.07, 6.45) is 0.635. The fraction of sp³-hybridized carbons (Fsp3) is 0.333. The first kappa shape index (κ1) is 15.5. The number of anilines is 1. The van der Waals surface area contributed by atoms with Crippen molar-refractivity contribution in [3.63, 3.8) is 0 Å². The molecule has 0 aliphatic rings. The van der Waals surface area contributed by atoms with Gasteiger partial charge in [-0.05, 0) is 30.5 Å². The van der Waals surface area contributed by atoms with Crippen molar-refractivity contribution in [3.05, 3.63) is 65.7 Å². The van der Waals surface area contributed by atoms with Crippen LogP contribution in [0.3, 0.4) is 0 Å². The van der Waals surface area contributed by atoms with E-state index in [0.29, 0.717) is 0 Å². The average Bonchev–Trinajstić information content (AvgIpc) is 2.51. The number of hydrogen-bond acceptors (Lipinski definition) is 3. The van der Waals surface area contributed by atoms with Crippen LogP contribution >= 0.6 is 0 Å². The molecule has 0 fully saturated rings. The summed E-state index contributed by atoms with van der Waals surface area (Å²) in [6.45, 7) is 2.05. The molecule has 0 radical (unpaired) electrons. The van der Waals surface area contributed by atoms with E-state index in [9.17, 15) is 0 Å². The minimum Gasteiger partial charge on any atom is -0.377 e. The highest BCUT2D eigenvalue weighted by Crippen LogP contribution is 2.20. The van der Waals surface area contributed by atoms with Gasteiger partial charge in [-0.25, -0.2) is 0 Å². The number of nitrogens with one attached hydrogen (secondary N) is 1. The normalized spacial score (nSPS) is 12.4. The first-order chi connectivity index (χ1) is 10.2. The zero-order chi connectivity index (χ0) is 15.1. The van der Waals surface area contributed by atoms with Gasteiger partial charge < -0.3 is 14.8 Å². The molecule has 3 heteroatoms. The third-order valence-corrected chi connectivity index (χ3v) is 3.51. The molecule has 0 aromatic heterocycles. The van der Waals surface area contributed by atoms with E-state index < -0.39 is 0 Å². The van der Waals surface area contributed by atoms with Crippen LogP contribution in [0.2, 0.25) is 0 Å². The van der Waals surface area contributed by atoms with Crippen LogP contribution in [0.15, 0.2) is 54.6 Å². The highest BCUT2D eigenvalue weighted by atomic mass is 16.7. The summed E-state index contributed by atoms with van der Waals surface area (Å²) >= 11 is 0. The fourth-order valence-electron chi connectivity index (χ4n) is 2.45. The third kappa shape index (κ3) is 4.31. The van der Waals surface area contributed by atoms with Crippen LogP contribution in [-0.4, -0.2) is 26.6 Å². The van der Waals surface area contributed by atoms with Crippen LogP contribution in [0.1, 0.15) is 18.1 Å². The van der Waals surface area contributed by atoms with Gasteiger partial charge in [-0.3, -0.25) is 0 Å². The maximum Gasteiger partial charge on any atom is 0.176 e. The second-order valence-corrected chi connectivity index (χ2v) is 5.09.